The van der Waals surface area contributed by atoms with Crippen molar-refractivity contribution in [1.29, 1.82) is 0 Å². The number of likely N-dealkylation sites (tertiary alicyclic amines) is 1. The maximum absolute atomic E-state index is 12.5. The van der Waals surface area contributed by atoms with Crippen molar-refractivity contribution >= 4 is 17.8 Å². The van der Waals surface area contributed by atoms with Gasteiger partial charge in [-0.1, -0.05) is 13.8 Å². The summed E-state index contributed by atoms with van der Waals surface area (Å²) in [4.78, 5) is 37.7. The van der Waals surface area contributed by atoms with Crippen LogP contribution in [0, 0.1) is 5.92 Å². The molecule has 3 N–H and O–H groups in total. The standard InChI is InChI=1S/C15H25N3O4/c1-9(2)12(15(21)22)17-13(19)11-6-4-8-18(11)14(20)10-5-3-7-16-10/h9-12,16H,3-8H2,1-2H3,(H,17,19)(H,21,22). The zero-order valence-electron chi connectivity index (χ0n) is 13.2. The van der Waals surface area contributed by atoms with Gasteiger partial charge in [0.05, 0.1) is 6.04 Å². The number of hydrogen-bond donors (Lipinski definition) is 3. The fourth-order valence-corrected chi connectivity index (χ4v) is 3.16. The average Bonchev–Trinajstić information content (AvgIpc) is 3.13. The van der Waals surface area contributed by atoms with Crippen LogP contribution >= 0.6 is 0 Å². The van der Waals surface area contributed by atoms with Crippen LogP contribution < -0.4 is 10.6 Å². The molecule has 7 nitrogen and oxygen atoms in total. The maximum Gasteiger partial charge on any atom is 0.326 e. The molecule has 0 spiro atoms. The van der Waals surface area contributed by atoms with Crippen LogP contribution in [-0.2, 0) is 14.4 Å². The van der Waals surface area contributed by atoms with Crippen LogP contribution in [0.4, 0.5) is 0 Å². The number of carboxylic acid groups (broad SMARTS) is 1. The highest BCUT2D eigenvalue weighted by atomic mass is 16.4. The second-order valence-electron chi connectivity index (χ2n) is 6.41. The first-order valence-electron chi connectivity index (χ1n) is 7.99. The van der Waals surface area contributed by atoms with Crippen molar-refractivity contribution in [2.24, 2.45) is 5.92 Å². The molecule has 124 valence electrons. The van der Waals surface area contributed by atoms with E-state index >= 15 is 0 Å². The second-order valence-corrected chi connectivity index (χ2v) is 6.41. The normalized spacial score (nSPS) is 26.2. The van der Waals surface area contributed by atoms with Crippen molar-refractivity contribution in [2.75, 3.05) is 13.1 Å². The molecule has 3 atom stereocenters. The van der Waals surface area contributed by atoms with Crippen molar-refractivity contribution in [3.8, 4) is 0 Å². The number of hydrogen-bond acceptors (Lipinski definition) is 4. The number of nitrogens with one attached hydrogen (secondary N) is 2. The van der Waals surface area contributed by atoms with Gasteiger partial charge in [-0.05, 0) is 38.1 Å². The molecule has 22 heavy (non-hydrogen) atoms. The van der Waals surface area contributed by atoms with Gasteiger partial charge in [0.2, 0.25) is 11.8 Å². The first-order chi connectivity index (χ1) is 10.4. The van der Waals surface area contributed by atoms with E-state index < -0.39 is 18.1 Å². The van der Waals surface area contributed by atoms with E-state index in [2.05, 4.69) is 10.6 Å². The summed E-state index contributed by atoms with van der Waals surface area (Å²) in [6, 6.07) is -1.67. The van der Waals surface area contributed by atoms with Gasteiger partial charge in [-0.25, -0.2) is 4.79 Å². The van der Waals surface area contributed by atoms with Gasteiger partial charge in [0, 0.05) is 6.54 Å². The Kier molecular flexibility index (Phi) is 5.39. The molecule has 2 fully saturated rings. The minimum atomic E-state index is -1.04. The van der Waals surface area contributed by atoms with Crippen molar-refractivity contribution in [2.45, 2.75) is 57.7 Å². The molecule has 0 aromatic rings. The lowest BCUT2D eigenvalue weighted by molar-refractivity contribution is -0.145. The molecule has 0 saturated carbocycles. The molecule has 2 aliphatic rings. The lowest BCUT2D eigenvalue weighted by atomic mass is 10.0. The molecule has 3 unspecified atom stereocenters. The fourth-order valence-electron chi connectivity index (χ4n) is 3.16. The SMILES string of the molecule is CC(C)C(NC(=O)C1CCCN1C(=O)C1CCCN1)C(=O)O. The first-order valence-corrected chi connectivity index (χ1v) is 7.99. The number of carbonyl (C=O) groups excluding carboxylic acids is 2. The predicted octanol–water partition coefficient (Wildman–Crippen LogP) is -0.0452. The number of carboxylic acids is 1. The number of amides is 2. The summed E-state index contributed by atoms with van der Waals surface area (Å²) in [5.74, 6) is -1.64. The third-order valence-electron chi connectivity index (χ3n) is 4.43. The van der Waals surface area contributed by atoms with E-state index in [0.717, 1.165) is 25.8 Å². The fraction of sp³-hybridized carbons (Fsp3) is 0.800. The Morgan fingerprint density at radius 2 is 1.95 bits per heavy atom. The zero-order valence-corrected chi connectivity index (χ0v) is 13.2. The van der Waals surface area contributed by atoms with Crippen LogP contribution in [0.25, 0.3) is 0 Å². The monoisotopic (exact) mass is 311 g/mol. The van der Waals surface area contributed by atoms with Crippen LogP contribution in [-0.4, -0.2) is 59.0 Å². The van der Waals surface area contributed by atoms with Gasteiger partial charge in [0.25, 0.3) is 0 Å². The number of carbonyl (C=O) groups is 3. The molecule has 2 saturated heterocycles. The van der Waals surface area contributed by atoms with Gasteiger partial charge in [0.1, 0.15) is 12.1 Å². The molecule has 2 amide bonds. The van der Waals surface area contributed by atoms with Crippen LogP contribution in [0.3, 0.4) is 0 Å². The molecule has 2 aliphatic heterocycles. The molecule has 0 aliphatic carbocycles. The Balaban J connectivity index is 2.01. The Labute approximate surface area is 130 Å². The maximum atomic E-state index is 12.5. The predicted molar refractivity (Wildman–Crippen MR) is 80.2 cm³/mol. The van der Waals surface area contributed by atoms with E-state index in [-0.39, 0.29) is 23.8 Å². The van der Waals surface area contributed by atoms with E-state index in [9.17, 15) is 19.5 Å². The molecule has 0 aromatic carbocycles. The summed E-state index contributed by atoms with van der Waals surface area (Å²) >= 11 is 0. The summed E-state index contributed by atoms with van der Waals surface area (Å²) in [5.41, 5.74) is 0. The Bertz CT molecular complexity index is 446. The quantitative estimate of drug-likeness (QED) is 0.661. The van der Waals surface area contributed by atoms with E-state index in [1.807, 2.05) is 0 Å². The van der Waals surface area contributed by atoms with Crippen LogP contribution in [0.2, 0.25) is 0 Å². The van der Waals surface area contributed by atoms with Crippen molar-refractivity contribution in [3.63, 3.8) is 0 Å². The smallest absolute Gasteiger partial charge is 0.326 e. The summed E-state index contributed by atoms with van der Waals surface area (Å²) in [6.45, 7) is 4.89. The van der Waals surface area contributed by atoms with Gasteiger partial charge < -0.3 is 20.6 Å². The van der Waals surface area contributed by atoms with Gasteiger partial charge in [-0.3, -0.25) is 9.59 Å². The van der Waals surface area contributed by atoms with Crippen LogP contribution in [0.15, 0.2) is 0 Å². The summed E-state index contributed by atoms with van der Waals surface area (Å²) in [7, 11) is 0. The number of aliphatic carboxylic acids is 1. The summed E-state index contributed by atoms with van der Waals surface area (Å²) < 4.78 is 0. The molecule has 2 rings (SSSR count). The largest absolute Gasteiger partial charge is 0.480 e. The Morgan fingerprint density at radius 1 is 1.23 bits per heavy atom. The van der Waals surface area contributed by atoms with Crippen LogP contribution in [0.5, 0.6) is 0 Å². The molecule has 2 heterocycles. The van der Waals surface area contributed by atoms with Crippen molar-refractivity contribution in [1.82, 2.24) is 15.5 Å². The molecule has 0 radical (unpaired) electrons. The third-order valence-corrected chi connectivity index (χ3v) is 4.43. The lowest BCUT2D eigenvalue weighted by Crippen LogP contribution is -2.54. The Hall–Kier alpha value is -1.63. The summed E-state index contributed by atoms with van der Waals surface area (Å²) in [6.07, 6.45) is 3.13. The van der Waals surface area contributed by atoms with E-state index in [4.69, 9.17) is 0 Å². The van der Waals surface area contributed by atoms with Gasteiger partial charge in [-0.15, -0.1) is 0 Å². The highest BCUT2D eigenvalue weighted by Crippen LogP contribution is 2.21. The molecule has 0 bridgehead atoms. The first kappa shape index (κ1) is 16.7. The van der Waals surface area contributed by atoms with E-state index in [1.54, 1.807) is 18.7 Å². The van der Waals surface area contributed by atoms with Crippen molar-refractivity contribution in [3.05, 3.63) is 0 Å². The number of nitrogens with zero attached hydrogens (tertiary/aromatic N) is 1. The Morgan fingerprint density at radius 3 is 2.50 bits per heavy atom. The van der Waals surface area contributed by atoms with Gasteiger partial charge in [0.15, 0.2) is 0 Å². The lowest BCUT2D eigenvalue weighted by Gasteiger charge is -2.28. The van der Waals surface area contributed by atoms with Gasteiger partial charge >= 0.3 is 5.97 Å². The molecular weight excluding hydrogens is 286 g/mol. The zero-order chi connectivity index (χ0) is 16.3. The number of rotatable bonds is 5. The van der Waals surface area contributed by atoms with E-state index in [1.165, 1.54) is 0 Å². The second kappa shape index (κ2) is 7.09. The van der Waals surface area contributed by atoms with Gasteiger partial charge in [-0.2, -0.15) is 0 Å². The topological polar surface area (TPSA) is 98.7 Å². The summed E-state index contributed by atoms with van der Waals surface area (Å²) in [5, 5.41) is 14.9. The average molecular weight is 311 g/mol. The highest BCUT2D eigenvalue weighted by Gasteiger charge is 2.39. The minimum Gasteiger partial charge on any atom is -0.480 e. The van der Waals surface area contributed by atoms with E-state index in [0.29, 0.717) is 13.0 Å². The molecular formula is C15H25N3O4. The molecule has 7 heteroatoms. The van der Waals surface area contributed by atoms with Crippen molar-refractivity contribution < 1.29 is 19.5 Å². The third kappa shape index (κ3) is 3.58. The highest BCUT2D eigenvalue weighted by molar-refractivity contribution is 5.92. The minimum absolute atomic E-state index is 0.0356. The molecule has 0 aromatic heterocycles. The van der Waals surface area contributed by atoms with Crippen LogP contribution in [0.1, 0.15) is 39.5 Å².